The molecule has 0 N–H and O–H groups in total. The minimum atomic E-state index is -0.446. The van der Waals surface area contributed by atoms with Gasteiger partial charge in [0, 0.05) is 5.38 Å². The lowest BCUT2D eigenvalue weighted by atomic mass is 10.2. The molecule has 0 unspecified atom stereocenters. The van der Waals surface area contributed by atoms with Gasteiger partial charge in [-0.15, -0.1) is 11.3 Å². The molecule has 0 saturated heterocycles. The summed E-state index contributed by atoms with van der Waals surface area (Å²) < 4.78 is 16.5. The van der Waals surface area contributed by atoms with Gasteiger partial charge < -0.3 is 14.2 Å². The first-order chi connectivity index (χ1) is 12.3. The molecule has 2 aromatic carbocycles. The zero-order chi connectivity index (χ0) is 17.5. The van der Waals surface area contributed by atoms with Gasteiger partial charge in [-0.25, -0.2) is 9.78 Å². The molecule has 0 fully saturated rings. The molecular formula is C19H17NO4S. The molecule has 128 valence electrons. The lowest BCUT2D eigenvalue weighted by Gasteiger charge is -2.10. The van der Waals surface area contributed by atoms with Crippen LogP contribution in [-0.2, 0) is 6.61 Å². The lowest BCUT2D eigenvalue weighted by Crippen LogP contribution is -2.09. The fourth-order valence-electron chi connectivity index (χ4n) is 2.12. The van der Waals surface area contributed by atoms with E-state index in [-0.39, 0.29) is 0 Å². The molecule has 0 aliphatic rings. The van der Waals surface area contributed by atoms with Crippen molar-refractivity contribution in [2.75, 3.05) is 6.61 Å². The number of carbonyl (C=O) groups excluding carboxylic acids is 1. The molecule has 0 aliphatic carbocycles. The largest absolute Gasteiger partial charge is 0.490 e. The number of carbonyl (C=O) groups is 1. The molecule has 25 heavy (non-hydrogen) atoms. The van der Waals surface area contributed by atoms with Crippen LogP contribution in [0.3, 0.4) is 0 Å². The summed E-state index contributed by atoms with van der Waals surface area (Å²) >= 11 is 1.52. The Balaban J connectivity index is 1.62. The Morgan fingerprint density at radius 1 is 1.04 bits per heavy atom. The Kier molecular flexibility index (Phi) is 5.64. The summed E-state index contributed by atoms with van der Waals surface area (Å²) in [6, 6.07) is 13.9. The topological polar surface area (TPSA) is 57.7 Å². The molecule has 3 aromatic rings. The van der Waals surface area contributed by atoms with Crippen LogP contribution in [0.15, 0.2) is 59.4 Å². The summed E-state index contributed by atoms with van der Waals surface area (Å²) in [7, 11) is 0. The molecule has 1 heterocycles. The van der Waals surface area contributed by atoms with Crippen molar-refractivity contribution in [2.45, 2.75) is 13.5 Å². The zero-order valence-electron chi connectivity index (χ0n) is 13.7. The van der Waals surface area contributed by atoms with Gasteiger partial charge in [0.2, 0.25) is 0 Å². The Hall–Kier alpha value is -2.86. The molecule has 0 radical (unpaired) electrons. The quantitative estimate of drug-likeness (QED) is 0.466. The first-order valence-corrected chi connectivity index (χ1v) is 8.74. The van der Waals surface area contributed by atoms with Crippen LogP contribution in [0, 0.1) is 0 Å². The number of aromatic nitrogens is 1. The molecule has 1 aromatic heterocycles. The van der Waals surface area contributed by atoms with E-state index in [2.05, 4.69) is 4.98 Å². The molecule has 0 atom stereocenters. The first-order valence-electron chi connectivity index (χ1n) is 7.80. The highest BCUT2D eigenvalue weighted by Crippen LogP contribution is 2.27. The third kappa shape index (κ3) is 4.58. The minimum Gasteiger partial charge on any atom is -0.490 e. The van der Waals surface area contributed by atoms with Crippen LogP contribution in [0.4, 0.5) is 0 Å². The monoisotopic (exact) mass is 355 g/mol. The van der Waals surface area contributed by atoms with E-state index in [4.69, 9.17) is 14.2 Å². The van der Waals surface area contributed by atoms with E-state index in [0.717, 1.165) is 5.69 Å². The first kappa shape index (κ1) is 17.0. The maximum absolute atomic E-state index is 12.3. The van der Waals surface area contributed by atoms with E-state index in [1.54, 1.807) is 48.0 Å². The van der Waals surface area contributed by atoms with Crippen LogP contribution in [0.2, 0.25) is 0 Å². The van der Waals surface area contributed by atoms with Crippen molar-refractivity contribution in [1.82, 2.24) is 4.98 Å². The van der Waals surface area contributed by atoms with E-state index in [9.17, 15) is 4.79 Å². The molecule has 0 spiro atoms. The number of thiazole rings is 1. The van der Waals surface area contributed by atoms with Crippen molar-refractivity contribution in [3.05, 3.63) is 70.7 Å². The molecular weight excluding hydrogens is 338 g/mol. The summed E-state index contributed by atoms with van der Waals surface area (Å²) in [6.45, 7) is 2.78. The predicted molar refractivity (Wildman–Crippen MR) is 95.5 cm³/mol. The standard InChI is InChI=1S/C19H17NO4S/c1-2-22-17-5-3-4-6-18(17)24-19(21)14-7-9-16(10-8-14)23-11-15-12-25-13-20-15/h3-10,12-13H,2,11H2,1H3. The predicted octanol–water partition coefficient (Wildman–Crippen LogP) is 4.34. The van der Waals surface area contributed by atoms with Crippen molar-refractivity contribution in [1.29, 1.82) is 0 Å². The van der Waals surface area contributed by atoms with Crippen LogP contribution < -0.4 is 14.2 Å². The van der Waals surface area contributed by atoms with Gasteiger partial charge in [-0.2, -0.15) is 0 Å². The van der Waals surface area contributed by atoms with Gasteiger partial charge in [-0.1, -0.05) is 12.1 Å². The van der Waals surface area contributed by atoms with Crippen LogP contribution in [0.5, 0.6) is 17.2 Å². The third-order valence-electron chi connectivity index (χ3n) is 3.31. The van der Waals surface area contributed by atoms with Crippen molar-refractivity contribution < 1.29 is 19.0 Å². The Labute approximate surface area is 149 Å². The summed E-state index contributed by atoms with van der Waals surface area (Å²) in [5.41, 5.74) is 3.08. The van der Waals surface area contributed by atoms with Gasteiger partial charge in [0.25, 0.3) is 0 Å². The second-order valence-corrected chi connectivity index (χ2v) is 5.78. The molecule has 0 amide bonds. The van der Waals surface area contributed by atoms with Gasteiger partial charge in [0.1, 0.15) is 12.4 Å². The van der Waals surface area contributed by atoms with Gasteiger partial charge >= 0.3 is 5.97 Å². The highest BCUT2D eigenvalue weighted by atomic mass is 32.1. The lowest BCUT2D eigenvalue weighted by molar-refractivity contribution is 0.0728. The van der Waals surface area contributed by atoms with E-state index >= 15 is 0 Å². The van der Waals surface area contributed by atoms with Crippen LogP contribution in [0.1, 0.15) is 23.0 Å². The number of esters is 1. The smallest absolute Gasteiger partial charge is 0.343 e. The number of ether oxygens (including phenoxy) is 3. The maximum atomic E-state index is 12.3. The molecule has 0 saturated carbocycles. The number of nitrogens with zero attached hydrogens (tertiary/aromatic N) is 1. The fourth-order valence-corrected chi connectivity index (χ4v) is 2.66. The van der Waals surface area contributed by atoms with Crippen LogP contribution >= 0.6 is 11.3 Å². The van der Waals surface area contributed by atoms with Crippen molar-refractivity contribution in [3.63, 3.8) is 0 Å². The van der Waals surface area contributed by atoms with E-state index in [1.165, 1.54) is 11.3 Å². The van der Waals surface area contributed by atoms with E-state index in [0.29, 0.717) is 36.0 Å². The summed E-state index contributed by atoms with van der Waals surface area (Å²) in [5.74, 6) is 1.16. The zero-order valence-corrected chi connectivity index (χ0v) is 14.5. The molecule has 3 rings (SSSR count). The van der Waals surface area contributed by atoms with Crippen molar-refractivity contribution in [3.8, 4) is 17.2 Å². The van der Waals surface area contributed by atoms with Crippen molar-refractivity contribution >= 4 is 17.3 Å². The minimum absolute atomic E-state index is 0.398. The van der Waals surface area contributed by atoms with E-state index < -0.39 is 5.97 Å². The van der Waals surface area contributed by atoms with Gasteiger partial charge in [0.05, 0.1) is 23.4 Å². The fraction of sp³-hybridized carbons (Fsp3) is 0.158. The number of hydrogen-bond donors (Lipinski definition) is 0. The molecule has 0 bridgehead atoms. The van der Waals surface area contributed by atoms with Gasteiger partial charge in [-0.05, 0) is 43.3 Å². The number of benzene rings is 2. The Morgan fingerprint density at radius 3 is 2.48 bits per heavy atom. The molecule has 6 heteroatoms. The Bertz CT molecular complexity index is 816. The second kappa shape index (κ2) is 8.30. The average molecular weight is 355 g/mol. The number of rotatable bonds is 7. The number of hydrogen-bond acceptors (Lipinski definition) is 6. The highest BCUT2D eigenvalue weighted by molar-refractivity contribution is 7.07. The SMILES string of the molecule is CCOc1ccccc1OC(=O)c1ccc(OCc2cscn2)cc1. The summed E-state index contributed by atoms with van der Waals surface area (Å²) in [4.78, 5) is 16.5. The maximum Gasteiger partial charge on any atom is 0.343 e. The van der Waals surface area contributed by atoms with Crippen molar-refractivity contribution in [2.24, 2.45) is 0 Å². The second-order valence-electron chi connectivity index (χ2n) is 5.06. The van der Waals surface area contributed by atoms with Crippen LogP contribution in [-0.4, -0.2) is 17.6 Å². The summed E-state index contributed by atoms with van der Waals surface area (Å²) in [6.07, 6.45) is 0. The van der Waals surface area contributed by atoms with E-state index in [1.807, 2.05) is 18.4 Å². The highest BCUT2D eigenvalue weighted by Gasteiger charge is 2.12. The molecule has 5 nitrogen and oxygen atoms in total. The number of para-hydroxylation sites is 2. The molecule has 0 aliphatic heterocycles. The average Bonchev–Trinajstić information content (AvgIpc) is 3.16. The summed E-state index contributed by atoms with van der Waals surface area (Å²) in [5, 5.41) is 1.93. The Morgan fingerprint density at radius 2 is 1.80 bits per heavy atom. The van der Waals surface area contributed by atoms with Gasteiger partial charge in [-0.3, -0.25) is 0 Å². The van der Waals surface area contributed by atoms with Crippen LogP contribution in [0.25, 0.3) is 0 Å². The normalized spacial score (nSPS) is 10.3. The third-order valence-corrected chi connectivity index (χ3v) is 3.95. The van der Waals surface area contributed by atoms with Gasteiger partial charge in [0.15, 0.2) is 11.5 Å².